The van der Waals surface area contributed by atoms with Crippen molar-refractivity contribution in [3.63, 3.8) is 0 Å². The van der Waals surface area contributed by atoms with Gasteiger partial charge in [-0.1, -0.05) is 33.6 Å². The molecule has 0 aliphatic heterocycles. The van der Waals surface area contributed by atoms with Crippen molar-refractivity contribution in [2.75, 3.05) is 0 Å². The molecule has 5 fully saturated rings. The van der Waals surface area contributed by atoms with Gasteiger partial charge in [-0.2, -0.15) is 0 Å². The summed E-state index contributed by atoms with van der Waals surface area (Å²) in [5.41, 5.74) is -2.00. The largest absolute Gasteiger partial charge is 0.459 e. The molecule has 0 aromatic rings. The molecular weight excluding hydrogens is 464 g/mol. The van der Waals surface area contributed by atoms with Crippen LogP contribution in [-0.2, 0) is 19.1 Å². The van der Waals surface area contributed by atoms with Gasteiger partial charge < -0.3 is 14.6 Å². The molecule has 4 bridgehead atoms. The van der Waals surface area contributed by atoms with Crippen molar-refractivity contribution in [3.05, 3.63) is 0 Å². The zero-order chi connectivity index (χ0) is 27.9. The summed E-state index contributed by atoms with van der Waals surface area (Å²) < 4.78 is 11.8. The molecule has 0 spiro atoms. The summed E-state index contributed by atoms with van der Waals surface area (Å²) in [6.45, 7) is 18.4. The third-order valence-corrected chi connectivity index (χ3v) is 10.5. The minimum atomic E-state index is -0.555. The van der Waals surface area contributed by atoms with Gasteiger partial charge in [-0.05, 0) is 123 Å². The fourth-order valence-electron chi connectivity index (χ4n) is 7.29. The first-order chi connectivity index (χ1) is 16.9. The van der Waals surface area contributed by atoms with Crippen LogP contribution in [0.25, 0.3) is 0 Å². The van der Waals surface area contributed by atoms with Crippen molar-refractivity contribution >= 4 is 11.9 Å². The summed E-state index contributed by atoms with van der Waals surface area (Å²) in [6.07, 6.45) is 12.2. The van der Waals surface area contributed by atoms with E-state index in [1.165, 1.54) is 32.1 Å². The van der Waals surface area contributed by atoms with Crippen LogP contribution in [0.1, 0.15) is 139 Å². The van der Waals surface area contributed by atoms with Gasteiger partial charge in [-0.25, -0.2) is 0 Å². The fraction of sp³-hybridized carbons (Fsp3) is 0.938. The van der Waals surface area contributed by atoms with Crippen molar-refractivity contribution in [3.8, 4) is 0 Å². The van der Waals surface area contributed by atoms with Gasteiger partial charge >= 0.3 is 11.9 Å². The van der Waals surface area contributed by atoms with E-state index in [2.05, 4.69) is 20.8 Å². The number of aliphatic hydroxyl groups is 1. The highest BCUT2D eigenvalue weighted by Gasteiger charge is 2.59. The van der Waals surface area contributed by atoms with Crippen LogP contribution in [0.15, 0.2) is 0 Å². The molecule has 5 rings (SSSR count). The van der Waals surface area contributed by atoms with Crippen molar-refractivity contribution in [1.29, 1.82) is 0 Å². The molecule has 2 atom stereocenters. The molecule has 2 unspecified atom stereocenters. The Kier molecular flexibility index (Phi) is 8.90. The molecule has 0 aromatic carbocycles. The minimum absolute atomic E-state index is 0.0476. The summed E-state index contributed by atoms with van der Waals surface area (Å²) in [4.78, 5) is 24.6. The summed E-state index contributed by atoms with van der Waals surface area (Å²) in [5, 5.41) is 10.6. The molecule has 5 saturated carbocycles. The molecule has 0 radical (unpaired) electrons. The quantitative estimate of drug-likeness (QED) is 0.350. The molecule has 0 aromatic heterocycles. The first kappa shape index (κ1) is 30.4. The highest BCUT2D eigenvalue weighted by atomic mass is 16.6. The maximum Gasteiger partial charge on any atom is 0.312 e. The average Bonchev–Trinajstić information content (AvgIpc) is 2.77. The molecule has 5 heteroatoms. The van der Waals surface area contributed by atoms with E-state index in [0.29, 0.717) is 24.2 Å². The third kappa shape index (κ3) is 7.11. The predicted octanol–water partition coefficient (Wildman–Crippen LogP) is 7.62. The van der Waals surface area contributed by atoms with E-state index in [4.69, 9.17) is 9.47 Å². The molecule has 214 valence electrons. The van der Waals surface area contributed by atoms with Gasteiger partial charge in [0.15, 0.2) is 0 Å². The van der Waals surface area contributed by atoms with Gasteiger partial charge in [0, 0.05) is 6.42 Å². The van der Waals surface area contributed by atoms with E-state index in [1.807, 2.05) is 41.5 Å². The zero-order valence-corrected chi connectivity index (χ0v) is 25.4. The van der Waals surface area contributed by atoms with Crippen LogP contribution in [0.3, 0.4) is 0 Å². The van der Waals surface area contributed by atoms with E-state index in [-0.39, 0.29) is 28.6 Å². The Balaban J connectivity index is 0.000000206. The first-order valence-electron chi connectivity index (χ1n) is 15.1. The maximum atomic E-state index is 12.4. The lowest BCUT2D eigenvalue weighted by Gasteiger charge is -2.59. The number of ether oxygens (including phenoxy) is 2. The summed E-state index contributed by atoms with van der Waals surface area (Å²) in [5.74, 6) is 2.34. The second-order valence-corrected chi connectivity index (χ2v) is 15.2. The number of carbonyl (C=O) groups is 2. The maximum absolute atomic E-state index is 12.4. The van der Waals surface area contributed by atoms with Crippen LogP contribution in [-0.4, -0.2) is 33.8 Å². The van der Waals surface area contributed by atoms with Gasteiger partial charge in [-0.3, -0.25) is 9.59 Å². The molecule has 5 nitrogen and oxygen atoms in total. The van der Waals surface area contributed by atoms with E-state index < -0.39 is 11.0 Å². The lowest BCUT2D eigenvalue weighted by molar-refractivity contribution is -0.225. The number of carbonyl (C=O) groups excluding carboxylic acids is 2. The van der Waals surface area contributed by atoms with Crippen molar-refractivity contribution < 1.29 is 24.2 Å². The highest BCUT2D eigenvalue weighted by Crippen LogP contribution is 2.59. The Morgan fingerprint density at radius 2 is 1.30 bits per heavy atom. The normalized spacial score (nSPS) is 35.4. The molecule has 5 aliphatic carbocycles. The Labute approximate surface area is 226 Å². The highest BCUT2D eigenvalue weighted by molar-refractivity contribution is 5.76. The van der Waals surface area contributed by atoms with Crippen LogP contribution < -0.4 is 0 Å². The monoisotopic (exact) mass is 520 g/mol. The third-order valence-electron chi connectivity index (χ3n) is 10.5. The second kappa shape index (κ2) is 10.8. The topological polar surface area (TPSA) is 72.8 Å². The van der Waals surface area contributed by atoms with E-state index in [9.17, 15) is 14.7 Å². The zero-order valence-electron chi connectivity index (χ0n) is 25.4. The van der Waals surface area contributed by atoms with Gasteiger partial charge in [-0.15, -0.1) is 0 Å². The van der Waals surface area contributed by atoms with Crippen LogP contribution in [0, 0.1) is 34.5 Å². The average molecular weight is 521 g/mol. The minimum Gasteiger partial charge on any atom is -0.459 e. The Morgan fingerprint density at radius 1 is 0.811 bits per heavy atom. The Bertz CT molecular complexity index is 803. The van der Waals surface area contributed by atoms with Crippen LogP contribution in [0.4, 0.5) is 0 Å². The second-order valence-electron chi connectivity index (χ2n) is 15.2. The molecular formula is C32H56O5. The van der Waals surface area contributed by atoms with Gasteiger partial charge in [0.1, 0.15) is 11.2 Å². The van der Waals surface area contributed by atoms with Crippen molar-refractivity contribution in [1.82, 2.24) is 0 Å². The number of hydrogen-bond donors (Lipinski definition) is 1. The summed E-state index contributed by atoms with van der Waals surface area (Å²) >= 11 is 0. The summed E-state index contributed by atoms with van der Waals surface area (Å²) in [7, 11) is 0. The molecule has 5 aliphatic rings. The van der Waals surface area contributed by atoms with Crippen LogP contribution in [0.5, 0.6) is 0 Å². The Morgan fingerprint density at radius 3 is 1.76 bits per heavy atom. The van der Waals surface area contributed by atoms with Gasteiger partial charge in [0.25, 0.3) is 0 Å². The smallest absolute Gasteiger partial charge is 0.312 e. The van der Waals surface area contributed by atoms with Crippen LogP contribution >= 0.6 is 0 Å². The van der Waals surface area contributed by atoms with Gasteiger partial charge in [0.2, 0.25) is 0 Å². The van der Waals surface area contributed by atoms with Gasteiger partial charge in [0.05, 0.1) is 16.4 Å². The molecule has 1 N–H and O–H groups in total. The SMILES string of the molecule is CCC(C)(C)C(=O)OC(C)(C)C1CCC(C)CC1.CCC(C)(C)C(=O)OC12CC3CC(CC(O)(C3)C1)C2. The van der Waals surface area contributed by atoms with E-state index in [1.54, 1.807) is 0 Å². The predicted molar refractivity (Wildman–Crippen MR) is 148 cm³/mol. The molecule has 0 saturated heterocycles. The molecule has 0 heterocycles. The number of rotatable bonds is 7. The number of hydrogen-bond acceptors (Lipinski definition) is 5. The lowest BCUT2D eigenvalue weighted by Crippen LogP contribution is -2.61. The summed E-state index contributed by atoms with van der Waals surface area (Å²) in [6, 6.07) is 0. The molecule has 37 heavy (non-hydrogen) atoms. The first-order valence-corrected chi connectivity index (χ1v) is 15.1. The molecule has 0 amide bonds. The number of esters is 2. The van der Waals surface area contributed by atoms with E-state index >= 15 is 0 Å². The standard InChI is InChI=1S/C16H26O3.C16H30O2/c1-4-14(2,3)13(17)19-16-8-11-5-12(9-16)7-15(18,6-11)10-16;1-7-15(3,4)14(17)18-16(5,6)13-10-8-12(2)9-11-13/h11-12,18H,4-10H2,1-3H3;12-13H,7-11H2,1-6H3. The van der Waals surface area contributed by atoms with Crippen LogP contribution in [0.2, 0.25) is 0 Å². The van der Waals surface area contributed by atoms with Crippen molar-refractivity contribution in [2.24, 2.45) is 34.5 Å². The van der Waals surface area contributed by atoms with E-state index in [0.717, 1.165) is 44.4 Å². The fourth-order valence-corrected chi connectivity index (χ4v) is 7.29. The lowest BCUT2D eigenvalue weighted by atomic mass is 9.52. The Hall–Kier alpha value is -1.10. The van der Waals surface area contributed by atoms with Crippen molar-refractivity contribution in [2.45, 2.75) is 156 Å².